The van der Waals surface area contributed by atoms with Crippen LogP contribution in [0.2, 0.25) is 0 Å². The molecular weight excluding hydrogens is 498 g/mol. The summed E-state index contributed by atoms with van der Waals surface area (Å²) in [7, 11) is 0. The number of aliphatic carboxylic acids is 1. The molecule has 37 heavy (non-hydrogen) atoms. The number of hydrogen-bond acceptors (Lipinski definition) is 7. The van der Waals surface area contributed by atoms with E-state index in [9.17, 15) is 29.4 Å². The van der Waals surface area contributed by atoms with E-state index in [1.807, 2.05) is 0 Å². The summed E-state index contributed by atoms with van der Waals surface area (Å²) in [6, 6.07) is 11.6. The SMILES string of the molecule is Cc1cc(C(=O)NCc2cccc(O)c2)sc1C(=O)NC(CNC(=O)c1cccc2[nH]ncc12)C(=O)O. The first-order valence-corrected chi connectivity index (χ1v) is 11.9. The van der Waals surface area contributed by atoms with E-state index in [-0.39, 0.29) is 28.6 Å². The zero-order valence-corrected chi connectivity index (χ0v) is 20.4. The molecule has 3 amide bonds. The fraction of sp³-hybridized carbons (Fsp3) is 0.160. The number of carboxylic acid groups (broad SMARTS) is 1. The van der Waals surface area contributed by atoms with Gasteiger partial charge in [-0.15, -0.1) is 11.3 Å². The number of aromatic hydroxyl groups is 1. The number of aryl methyl sites for hydroxylation is 1. The maximum atomic E-state index is 12.8. The van der Waals surface area contributed by atoms with Crippen LogP contribution in [0.25, 0.3) is 10.9 Å². The predicted octanol–water partition coefficient (Wildman–Crippen LogP) is 2.18. The number of carboxylic acids is 1. The highest BCUT2D eigenvalue weighted by Gasteiger charge is 2.25. The van der Waals surface area contributed by atoms with Crippen molar-refractivity contribution in [3.8, 4) is 5.75 Å². The Kier molecular flexibility index (Phi) is 7.49. The molecule has 2 aromatic heterocycles. The Balaban J connectivity index is 1.38. The average molecular weight is 522 g/mol. The van der Waals surface area contributed by atoms with Gasteiger partial charge < -0.3 is 26.2 Å². The molecule has 4 rings (SSSR count). The summed E-state index contributed by atoms with van der Waals surface area (Å²) in [5, 5.41) is 34.0. The molecule has 4 aromatic rings. The van der Waals surface area contributed by atoms with Crippen LogP contribution in [0.4, 0.5) is 0 Å². The van der Waals surface area contributed by atoms with E-state index >= 15 is 0 Å². The maximum Gasteiger partial charge on any atom is 0.328 e. The fourth-order valence-corrected chi connectivity index (χ4v) is 4.63. The van der Waals surface area contributed by atoms with Crippen LogP contribution in [0.15, 0.2) is 54.7 Å². The van der Waals surface area contributed by atoms with Gasteiger partial charge in [0, 0.05) is 18.5 Å². The lowest BCUT2D eigenvalue weighted by molar-refractivity contribution is -0.139. The molecule has 0 aliphatic rings. The second-order valence-electron chi connectivity index (χ2n) is 8.19. The lowest BCUT2D eigenvalue weighted by Crippen LogP contribution is -2.48. The summed E-state index contributed by atoms with van der Waals surface area (Å²) in [5.74, 6) is -2.83. The molecular formula is C25H23N5O6S. The normalized spacial score (nSPS) is 11.6. The minimum Gasteiger partial charge on any atom is -0.508 e. The van der Waals surface area contributed by atoms with Gasteiger partial charge in [0.25, 0.3) is 17.7 Å². The number of phenolic OH excluding ortho intramolecular Hbond substituents is 1. The van der Waals surface area contributed by atoms with Crippen molar-refractivity contribution in [2.24, 2.45) is 0 Å². The van der Waals surface area contributed by atoms with Gasteiger partial charge in [-0.05, 0) is 48.4 Å². The van der Waals surface area contributed by atoms with Gasteiger partial charge >= 0.3 is 5.97 Å². The van der Waals surface area contributed by atoms with Gasteiger partial charge in [-0.3, -0.25) is 19.5 Å². The number of carbonyl (C=O) groups is 4. The van der Waals surface area contributed by atoms with Gasteiger partial charge in [0.2, 0.25) is 0 Å². The van der Waals surface area contributed by atoms with Gasteiger partial charge in [0.15, 0.2) is 0 Å². The molecule has 0 saturated heterocycles. The smallest absolute Gasteiger partial charge is 0.328 e. The minimum absolute atomic E-state index is 0.0837. The molecule has 0 aliphatic heterocycles. The molecule has 0 spiro atoms. The van der Waals surface area contributed by atoms with Crippen molar-refractivity contribution in [2.45, 2.75) is 19.5 Å². The van der Waals surface area contributed by atoms with Gasteiger partial charge in [-0.1, -0.05) is 18.2 Å². The van der Waals surface area contributed by atoms with Crippen molar-refractivity contribution in [2.75, 3.05) is 6.54 Å². The molecule has 0 fully saturated rings. The Hall–Kier alpha value is -4.71. The molecule has 0 saturated carbocycles. The number of carbonyl (C=O) groups excluding carboxylic acids is 3. The van der Waals surface area contributed by atoms with Crippen LogP contribution in [0.5, 0.6) is 5.75 Å². The average Bonchev–Trinajstić information content (AvgIpc) is 3.51. The first-order chi connectivity index (χ1) is 17.7. The third-order valence-electron chi connectivity index (χ3n) is 5.51. The maximum absolute atomic E-state index is 12.8. The van der Waals surface area contributed by atoms with E-state index in [4.69, 9.17) is 0 Å². The summed E-state index contributed by atoms with van der Waals surface area (Å²) in [6.45, 7) is 1.47. The van der Waals surface area contributed by atoms with Crippen molar-refractivity contribution in [1.29, 1.82) is 0 Å². The van der Waals surface area contributed by atoms with E-state index in [1.54, 1.807) is 43.3 Å². The number of nitrogens with one attached hydrogen (secondary N) is 4. The van der Waals surface area contributed by atoms with Crippen LogP contribution in [0.1, 0.15) is 40.8 Å². The zero-order valence-electron chi connectivity index (χ0n) is 19.6. The molecule has 11 nitrogen and oxygen atoms in total. The number of hydrogen-bond donors (Lipinski definition) is 6. The topological polar surface area (TPSA) is 174 Å². The number of amides is 3. The van der Waals surface area contributed by atoms with Crippen LogP contribution < -0.4 is 16.0 Å². The van der Waals surface area contributed by atoms with E-state index in [0.29, 0.717) is 27.6 Å². The molecule has 1 atom stereocenters. The molecule has 6 N–H and O–H groups in total. The zero-order chi connectivity index (χ0) is 26.5. The number of H-pyrrole nitrogens is 1. The molecule has 2 aromatic carbocycles. The molecule has 1 unspecified atom stereocenters. The molecule has 2 heterocycles. The monoisotopic (exact) mass is 521 g/mol. The van der Waals surface area contributed by atoms with Crippen LogP contribution in [-0.4, -0.2) is 56.7 Å². The highest BCUT2D eigenvalue weighted by Crippen LogP contribution is 2.22. The lowest BCUT2D eigenvalue weighted by atomic mass is 10.1. The number of thiophene rings is 1. The summed E-state index contributed by atoms with van der Waals surface area (Å²) >= 11 is 0.927. The number of rotatable bonds is 9. The van der Waals surface area contributed by atoms with Crippen LogP contribution in [-0.2, 0) is 11.3 Å². The van der Waals surface area contributed by atoms with Crippen molar-refractivity contribution in [3.63, 3.8) is 0 Å². The van der Waals surface area contributed by atoms with Crippen molar-refractivity contribution >= 4 is 45.9 Å². The number of nitrogens with zero attached hydrogens (tertiary/aromatic N) is 1. The van der Waals surface area contributed by atoms with Crippen LogP contribution in [0.3, 0.4) is 0 Å². The summed E-state index contributed by atoms with van der Waals surface area (Å²) in [4.78, 5) is 50.3. The molecule has 12 heteroatoms. The highest BCUT2D eigenvalue weighted by molar-refractivity contribution is 7.16. The number of aromatic nitrogens is 2. The number of fused-ring (bicyclic) bond motifs is 1. The standard InChI is InChI=1S/C25H23N5O6S/c1-13-8-20(23(33)26-10-14-4-2-5-15(31)9-14)37-21(13)24(34)29-19(25(35)36)12-27-22(32)16-6-3-7-18-17(16)11-28-30-18/h2-9,11,19,31H,10,12H2,1H3,(H,26,33)(H,27,32)(H,28,30)(H,29,34)(H,35,36). The first-order valence-electron chi connectivity index (χ1n) is 11.1. The van der Waals surface area contributed by atoms with Crippen molar-refractivity contribution in [1.82, 2.24) is 26.1 Å². The van der Waals surface area contributed by atoms with E-state index in [2.05, 4.69) is 26.1 Å². The Labute approximate surface area is 214 Å². The van der Waals surface area contributed by atoms with E-state index in [0.717, 1.165) is 11.3 Å². The molecule has 190 valence electrons. The van der Waals surface area contributed by atoms with E-state index < -0.39 is 29.7 Å². The minimum atomic E-state index is -1.40. The Morgan fingerprint density at radius 1 is 1.03 bits per heavy atom. The van der Waals surface area contributed by atoms with Crippen molar-refractivity contribution in [3.05, 3.63) is 81.2 Å². The number of aromatic amines is 1. The van der Waals surface area contributed by atoms with Gasteiger partial charge in [0.1, 0.15) is 11.8 Å². The lowest BCUT2D eigenvalue weighted by Gasteiger charge is -2.15. The first kappa shape index (κ1) is 25.4. The number of phenols is 1. The van der Waals surface area contributed by atoms with Gasteiger partial charge in [-0.2, -0.15) is 5.10 Å². The summed E-state index contributed by atoms with van der Waals surface area (Å²) in [6.07, 6.45) is 1.50. The summed E-state index contributed by atoms with van der Waals surface area (Å²) in [5.41, 5.74) is 2.18. The van der Waals surface area contributed by atoms with Crippen LogP contribution >= 0.6 is 11.3 Å². The van der Waals surface area contributed by atoms with Crippen LogP contribution in [0, 0.1) is 6.92 Å². The second-order valence-corrected chi connectivity index (χ2v) is 9.24. The Morgan fingerprint density at radius 2 is 1.81 bits per heavy atom. The number of benzene rings is 2. The quantitative estimate of drug-likeness (QED) is 0.196. The fourth-order valence-electron chi connectivity index (χ4n) is 3.64. The van der Waals surface area contributed by atoms with Crippen molar-refractivity contribution < 1.29 is 29.4 Å². The molecule has 0 bridgehead atoms. The highest BCUT2D eigenvalue weighted by atomic mass is 32.1. The van der Waals surface area contributed by atoms with Gasteiger partial charge in [-0.25, -0.2) is 4.79 Å². The second kappa shape index (κ2) is 10.9. The largest absolute Gasteiger partial charge is 0.508 e. The third kappa shape index (κ3) is 5.93. The van der Waals surface area contributed by atoms with E-state index in [1.165, 1.54) is 18.3 Å². The third-order valence-corrected chi connectivity index (χ3v) is 6.75. The Morgan fingerprint density at radius 3 is 2.57 bits per heavy atom. The predicted molar refractivity (Wildman–Crippen MR) is 136 cm³/mol. The van der Waals surface area contributed by atoms with Gasteiger partial charge in [0.05, 0.1) is 27.0 Å². The molecule has 0 radical (unpaired) electrons. The summed E-state index contributed by atoms with van der Waals surface area (Å²) < 4.78 is 0. The Bertz CT molecular complexity index is 1490. The molecule has 0 aliphatic carbocycles.